The van der Waals surface area contributed by atoms with Crippen LogP contribution in [-0.4, -0.2) is 46.3 Å². The van der Waals surface area contributed by atoms with Gasteiger partial charge in [-0.1, -0.05) is 0 Å². The van der Waals surface area contributed by atoms with E-state index in [9.17, 15) is 16.8 Å². The monoisotopic (exact) mass is 332 g/mol. The van der Waals surface area contributed by atoms with Crippen LogP contribution in [0.25, 0.3) is 11.4 Å². The highest BCUT2D eigenvalue weighted by Crippen LogP contribution is 2.24. The Labute approximate surface area is 119 Å². The van der Waals surface area contributed by atoms with Gasteiger partial charge in [-0.15, -0.1) is 20.4 Å². The van der Waals surface area contributed by atoms with Crippen LogP contribution in [0.4, 0.5) is 0 Å². The zero-order chi connectivity index (χ0) is 15.8. The molecule has 0 radical (unpaired) electrons. The average Bonchev–Trinajstić information content (AvgIpc) is 2.37. The minimum Gasteiger partial charge on any atom is -0.282 e. The second-order valence-corrected chi connectivity index (χ2v) is 6.76. The molecule has 0 aliphatic carbocycles. The van der Waals surface area contributed by atoms with E-state index in [0.717, 1.165) is 12.1 Å². The first kappa shape index (κ1) is 15.4. The van der Waals surface area contributed by atoms with Crippen LogP contribution in [-0.2, 0) is 20.2 Å². The topological polar surface area (TPSA) is 160 Å². The molecule has 0 aliphatic rings. The van der Waals surface area contributed by atoms with Crippen LogP contribution in [0.3, 0.4) is 0 Å². The van der Waals surface area contributed by atoms with Gasteiger partial charge in [0.05, 0.1) is 9.79 Å². The van der Waals surface area contributed by atoms with Gasteiger partial charge in [-0.2, -0.15) is 16.8 Å². The van der Waals surface area contributed by atoms with Crippen molar-refractivity contribution in [1.82, 2.24) is 20.4 Å². The third-order valence-corrected chi connectivity index (χ3v) is 3.98. The average molecular weight is 332 g/mol. The Hall–Kier alpha value is -2.02. The minimum absolute atomic E-state index is 0.0993. The molecule has 0 fully saturated rings. The van der Waals surface area contributed by atoms with Crippen molar-refractivity contribution >= 4 is 20.2 Å². The summed E-state index contributed by atoms with van der Waals surface area (Å²) in [5.74, 6) is 0.0793. The summed E-state index contributed by atoms with van der Waals surface area (Å²) in [6.07, 6.45) is 0. The van der Waals surface area contributed by atoms with Gasteiger partial charge in [0.2, 0.25) is 5.82 Å². The molecule has 0 amide bonds. The lowest BCUT2D eigenvalue weighted by molar-refractivity contribution is 0.481. The Kier molecular flexibility index (Phi) is 3.71. The van der Waals surface area contributed by atoms with Crippen LogP contribution in [0.5, 0.6) is 0 Å². The molecule has 112 valence electrons. The number of aryl methyl sites for hydroxylation is 1. The van der Waals surface area contributed by atoms with E-state index >= 15 is 0 Å². The molecule has 0 bridgehead atoms. The number of hydrogen-bond acceptors (Lipinski definition) is 8. The molecule has 0 saturated heterocycles. The molecule has 12 heteroatoms. The van der Waals surface area contributed by atoms with Gasteiger partial charge in [-0.3, -0.25) is 9.11 Å². The van der Waals surface area contributed by atoms with Crippen molar-refractivity contribution in [3.63, 3.8) is 0 Å². The lowest BCUT2D eigenvalue weighted by Gasteiger charge is -2.05. The zero-order valence-electron chi connectivity index (χ0n) is 10.4. The fraction of sp³-hybridized carbons (Fsp3) is 0.111. The van der Waals surface area contributed by atoms with Crippen LogP contribution < -0.4 is 0 Å². The van der Waals surface area contributed by atoms with Gasteiger partial charge in [-0.25, -0.2) is 0 Å². The number of nitrogens with zero attached hydrogens (tertiary/aromatic N) is 4. The van der Waals surface area contributed by atoms with Crippen molar-refractivity contribution in [1.29, 1.82) is 0 Å². The quantitative estimate of drug-likeness (QED) is 0.716. The van der Waals surface area contributed by atoms with E-state index in [4.69, 9.17) is 9.11 Å². The van der Waals surface area contributed by atoms with Crippen LogP contribution in [0.1, 0.15) is 5.82 Å². The Bertz CT molecular complexity index is 842. The van der Waals surface area contributed by atoms with Crippen molar-refractivity contribution in [3.05, 3.63) is 24.0 Å². The smallest absolute Gasteiger partial charge is 0.282 e. The molecule has 2 aromatic rings. The lowest BCUT2D eigenvalue weighted by Crippen LogP contribution is -2.05. The Balaban J connectivity index is 2.75. The van der Waals surface area contributed by atoms with Crippen LogP contribution in [0.15, 0.2) is 28.0 Å². The molecular formula is C9H8N4O6S2. The predicted octanol–water partition coefficient (Wildman–Crippen LogP) is -0.265. The standard InChI is InChI=1S/C9H8N4O6S2/c1-5-10-12-9(13-11-5)6-2-7(20(14,15)16)4-8(3-6)21(17,18)19/h2-4H,1H3,(H,14,15,16)(H,17,18,19). The summed E-state index contributed by atoms with van der Waals surface area (Å²) in [6, 6.07) is 2.46. The lowest BCUT2D eigenvalue weighted by atomic mass is 10.2. The molecule has 1 aromatic carbocycles. The fourth-order valence-corrected chi connectivity index (χ4v) is 2.57. The third-order valence-electron chi connectivity index (χ3n) is 2.31. The van der Waals surface area contributed by atoms with E-state index in [-0.39, 0.29) is 17.2 Å². The SMILES string of the molecule is Cc1nnc(-c2cc(S(=O)(=O)O)cc(S(=O)(=O)O)c2)nn1. The maximum atomic E-state index is 11.2. The molecular weight excluding hydrogens is 324 g/mol. The van der Waals surface area contributed by atoms with E-state index in [1.54, 1.807) is 0 Å². The molecule has 0 spiro atoms. The van der Waals surface area contributed by atoms with Crippen LogP contribution >= 0.6 is 0 Å². The maximum Gasteiger partial charge on any atom is 0.294 e. The van der Waals surface area contributed by atoms with E-state index < -0.39 is 30.0 Å². The zero-order valence-corrected chi connectivity index (χ0v) is 12.0. The number of hydrogen-bond donors (Lipinski definition) is 2. The molecule has 0 aliphatic heterocycles. The molecule has 0 saturated carbocycles. The second kappa shape index (κ2) is 5.07. The highest BCUT2D eigenvalue weighted by Gasteiger charge is 2.19. The summed E-state index contributed by atoms with van der Waals surface area (Å²) in [5, 5.41) is 14.4. The summed E-state index contributed by atoms with van der Waals surface area (Å²) < 4.78 is 62.7. The van der Waals surface area contributed by atoms with E-state index in [0.29, 0.717) is 6.07 Å². The minimum atomic E-state index is -4.70. The van der Waals surface area contributed by atoms with Gasteiger partial charge in [0.15, 0.2) is 5.82 Å². The van der Waals surface area contributed by atoms with E-state index in [1.807, 2.05) is 0 Å². The first-order chi connectivity index (χ1) is 9.57. The predicted molar refractivity (Wildman–Crippen MR) is 67.4 cm³/mol. The van der Waals surface area contributed by atoms with Gasteiger partial charge in [0.25, 0.3) is 20.2 Å². The molecule has 0 atom stereocenters. The maximum absolute atomic E-state index is 11.2. The van der Waals surface area contributed by atoms with E-state index in [1.165, 1.54) is 6.92 Å². The number of benzene rings is 1. The molecule has 2 N–H and O–H groups in total. The Morgan fingerprint density at radius 1 is 0.810 bits per heavy atom. The van der Waals surface area contributed by atoms with E-state index in [2.05, 4.69) is 20.4 Å². The summed E-state index contributed by atoms with van der Waals surface area (Å²) in [4.78, 5) is -1.48. The van der Waals surface area contributed by atoms with Gasteiger partial charge in [0.1, 0.15) is 0 Å². The first-order valence-electron chi connectivity index (χ1n) is 5.22. The highest BCUT2D eigenvalue weighted by atomic mass is 32.2. The van der Waals surface area contributed by atoms with Gasteiger partial charge >= 0.3 is 0 Å². The summed E-state index contributed by atoms with van der Waals surface area (Å²) >= 11 is 0. The van der Waals surface area contributed by atoms with Crippen molar-refractivity contribution in [2.24, 2.45) is 0 Å². The van der Waals surface area contributed by atoms with Gasteiger partial charge in [0, 0.05) is 5.56 Å². The van der Waals surface area contributed by atoms with Crippen molar-refractivity contribution in [2.75, 3.05) is 0 Å². The third kappa shape index (κ3) is 3.55. The summed E-state index contributed by atoms with van der Waals surface area (Å²) in [6.45, 7) is 1.52. The van der Waals surface area contributed by atoms with Gasteiger partial charge < -0.3 is 0 Å². The largest absolute Gasteiger partial charge is 0.294 e. The fourth-order valence-electron chi connectivity index (χ4n) is 1.39. The summed E-state index contributed by atoms with van der Waals surface area (Å²) in [7, 11) is -9.39. The number of rotatable bonds is 3. The van der Waals surface area contributed by atoms with Crippen LogP contribution in [0.2, 0.25) is 0 Å². The highest BCUT2D eigenvalue weighted by molar-refractivity contribution is 7.86. The summed E-state index contributed by atoms with van der Waals surface area (Å²) in [5.41, 5.74) is -0.0993. The molecule has 0 unspecified atom stereocenters. The normalized spacial score (nSPS) is 12.3. The Morgan fingerprint density at radius 3 is 1.62 bits per heavy atom. The van der Waals surface area contributed by atoms with Crippen molar-refractivity contribution < 1.29 is 25.9 Å². The molecule has 2 rings (SSSR count). The molecule has 1 heterocycles. The second-order valence-electron chi connectivity index (χ2n) is 3.91. The first-order valence-corrected chi connectivity index (χ1v) is 8.10. The van der Waals surface area contributed by atoms with Crippen LogP contribution in [0, 0.1) is 6.92 Å². The Morgan fingerprint density at radius 2 is 1.24 bits per heavy atom. The molecule has 1 aromatic heterocycles. The molecule has 10 nitrogen and oxygen atoms in total. The van der Waals surface area contributed by atoms with Crippen molar-refractivity contribution in [3.8, 4) is 11.4 Å². The number of aromatic nitrogens is 4. The van der Waals surface area contributed by atoms with Gasteiger partial charge in [-0.05, 0) is 25.1 Å². The molecule has 21 heavy (non-hydrogen) atoms. The van der Waals surface area contributed by atoms with Crippen molar-refractivity contribution in [2.45, 2.75) is 16.7 Å².